The molecule has 0 bridgehead atoms. The number of carbonyl (C=O) groups excluding carboxylic acids is 1. The van der Waals surface area contributed by atoms with E-state index in [4.69, 9.17) is 0 Å². The summed E-state index contributed by atoms with van der Waals surface area (Å²) in [6.07, 6.45) is 5.27. The summed E-state index contributed by atoms with van der Waals surface area (Å²) in [5.41, 5.74) is 2.19. The molecule has 1 heterocycles. The molecule has 1 aliphatic carbocycles. The third kappa shape index (κ3) is 4.42. The second kappa shape index (κ2) is 7.46. The molecule has 4 atom stereocenters. The lowest BCUT2D eigenvalue weighted by Crippen LogP contribution is -2.44. The van der Waals surface area contributed by atoms with E-state index in [1.165, 1.54) is 31.2 Å². The van der Waals surface area contributed by atoms with Crippen molar-refractivity contribution in [3.05, 3.63) is 35.4 Å². The van der Waals surface area contributed by atoms with Gasteiger partial charge >= 0.3 is 0 Å². The molecule has 0 aromatic heterocycles. The van der Waals surface area contributed by atoms with Crippen LogP contribution in [0.5, 0.6) is 0 Å². The molecule has 138 valence electrons. The topological polar surface area (TPSA) is 61.4 Å². The summed E-state index contributed by atoms with van der Waals surface area (Å²) in [7, 11) is 0. The summed E-state index contributed by atoms with van der Waals surface area (Å²) in [5.74, 6) is 0.680. The van der Waals surface area contributed by atoms with Gasteiger partial charge in [-0.2, -0.15) is 0 Å². The van der Waals surface area contributed by atoms with Crippen molar-refractivity contribution in [2.75, 3.05) is 6.54 Å². The minimum absolute atomic E-state index is 0.0276. The van der Waals surface area contributed by atoms with Crippen molar-refractivity contribution in [2.45, 2.75) is 76.5 Å². The fourth-order valence-corrected chi connectivity index (χ4v) is 4.16. The van der Waals surface area contributed by atoms with Gasteiger partial charge in [0, 0.05) is 12.6 Å². The maximum absolute atomic E-state index is 12.4. The van der Waals surface area contributed by atoms with Crippen molar-refractivity contribution < 1.29 is 9.90 Å². The second-order valence-electron chi connectivity index (χ2n) is 8.74. The van der Waals surface area contributed by atoms with Crippen LogP contribution in [-0.2, 0) is 10.2 Å². The highest BCUT2D eigenvalue weighted by atomic mass is 16.3. The number of nitrogens with one attached hydrogen (secondary N) is 2. The van der Waals surface area contributed by atoms with Crippen molar-refractivity contribution in [1.82, 2.24) is 10.6 Å². The Bertz CT molecular complexity index is 577. The molecule has 2 aliphatic rings. The predicted octanol–water partition coefficient (Wildman–Crippen LogP) is 3.05. The van der Waals surface area contributed by atoms with Crippen LogP contribution in [0.1, 0.15) is 70.1 Å². The first kappa shape index (κ1) is 18.4. The maximum atomic E-state index is 12.4. The second-order valence-corrected chi connectivity index (χ2v) is 8.74. The molecular weight excluding hydrogens is 312 g/mol. The molecule has 1 aliphatic heterocycles. The van der Waals surface area contributed by atoms with Crippen LogP contribution in [0.4, 0.5) is 0 Å². The van der Waals surface area contributed by atoms with Crippen LogP contribution in [-0.4, -0.2) is 29.6 Å². The van der Waals surface area contributed by atoms with E-state index in [1.54, 1.807) is 0 Å². The van der Waals surface area contributed by atoms with Gasteiger partial charge in [0.1, 0.15) is 0 Å². The van der Waals surface area contributed by atoms with Crippen molar-refractivity contribution in [3.63, 3.8) is 0 Å². The smallest absolute Gasteiger partial charge is 0.237 e. The third-order valence-electron chi connectivity index (χ3n) is 5.81. The Hall–Kier alpha value is -1.39. The summed E-state index contributed by atoms with van der Waals surface area (Å²) in [5, 5.41) is 16.8. The number of hydrogen-bond donors (Lipinski definition) is 3. The van der Waals surface area contributed by atoms with E-state index < -0.39 is 6.10 Å². The number of aliphatic hydroxyl groups is 1. The number of rotatable bonds is 4. The molecule has 0 spiro atoms. The molecule has 3 rings (SSSR count). The fraction of sp³-hybridized carbons (Fsp3) is 0.667. The molecule has 4 nitrogen and oxygen atoms in total. The summed E-state index contributed by atoms with van der Waals surface area (Å²) >= 11 is 0. The van der Waals surface area contributed by atoms with Crippen LogP contribution in [0, 0.1) is 5.92 Å². The van der Waals surface area contributed by atoms with Crippen LogP contribution in [0.3, 0.4) is 0 Å². The first-order valence-electron chi connectivity index (χ1n) is 9.67. The third-order valence-corrected chi connectivity index (χ3v) is 5.81. The van der Waals surface area contributed by atoms with Gasteiger partial charge in [0.25, 0.3) is 0 Å². The van der Waals surface area contributed by atoms with Gasteiger partial charge in [0.2, 0.25) is 5.91 Å². The first-order valence-corrected chi connectivity index (χ1v) is 9.67. The van der Waals surface area contributed by atoms with Crippen LogP contribution in [0.25, 0.3) is 0 Å². The number of aliphatic hydroxyl groups excluding tert-OH is 1. The quantitative estimate of drug-likeness (QED) is 0.787. The minimum atomic E-state index is -0.665. The zero-order valence-corrected chi connectivity index (χ0v) is 15.7. The Morgan fingerprint density at radius 3 is 2.56 bits per heavy atom. The maximum Gasteiger partial charge on any atom is 0.237 e. The largest absolute Gasteiger partial charge is 0.387 e. The molecule has 3 N–H and O–H groups in total. The van der Waals surface area contributed by atoms with E-state index in [9.17, 15) is 9.90 Å². The van der Waals surface area contributed by atoms with Gasteiger partial charge < -0.3 is 15.7 Å². The Balaban J connectivity index is 1.50. The minimum Gasteiger partial charge on any atom is -0.387 e. The van der Waals surface area contributed by atoms with E-state index in [2.05, 4.69) is 43.5 Å². The summed E-state index contributed by atoms with van der Waals surface area (Å²) in [6.45, 7) is 6.78. The van der Waals surface area contributed by atoms with E-state index in [0.29, 0.717) is 12.0 Å². The Kier molecular flexibility index (Phi) is 5.49. The normalized spacial score (nSPS) is 27.6. The lowest BCUT2D eigenvalue weighted by atomic mass is 9.85. The zero-order valence-electron chi connectivity index (χ0n) is 15.7. The lowest BCUT2D eigenvalue weighted by Gasteiger charge is -2.24. The van der Waals surface area contributed by atoms with Crippen LogP contribution in [0.15, 0.2) is 24.3 Å². The molecule has 1 aromatic carbocycles. The van der Waals surface area contributed by atoms with Gasteiger partial charge in [0.15, 0.2) is 0 Å². The van der Waals surface area contributed by atoms with E-state index in [0.717, 1.165) is 12.0 Å². The van der Waals surface area contributed by atoms with Crippen molar-refractivity contribution in [1.29, 1.82) is 0 Å². The highest BCUT2D eigenvalue weighted by molar-refractivity contribution is 5.82. The van der Waals surface area contributed by atoms with Gasteiger partial charge in [-0.25, -0.2) is 0 Å². The molecule has 1 aromatic rings. The summed E-state index contributed by atoms with van der Waals surface area (Å²) in [6, 6.07) is 8.45. The van der Waals surface area contributed by atoms with E-state index in [1.807, 2.05) is 12.1 Å². The molecule has 4 unspecified atom stereocenters. The molecule has 0 radical (unpaired) electrons. The molecular formula is C21H32N2O2. The van der Waals surface area contributed by atoms with Gasteiger partial charge in [0.05, 0.1) is 12.1 Å². The monoisotopic (exact) mass is 344 g/mol. The molecule has 25 heavy (non-hydrogen) atoms. The molecule has 4 heteroatoms. The van der Waals surface area contributed by atoms with Gasteiger partial charge in [-0.15, -0.1) is 0 Å². The molecule has 1 saturated heterocycles. The Morgan fingerprint density at radius 1 is 1.24 bits per heavy atom. The fourth-order valence-electron chi connectivity index (χ4n) is 4.16. The average molecular weight is 344 g/mol. The summed E-state index contributed by atoms with van der Waals surface area (Å²) < 4.78 is 0. The SMILES string of the molecule is CC(C)(C)c1ccc(C(O)CNC(=O)C2CC3CCCCC3N2)cc1. The number of benzene rings is 1. The van der Waals surface area contributed by atoms with Crippen molar-refractivity contribution in [3.8, 4) is 0 Å². The van der Waals surface area contributed by atoms with Gasteiger partial charge in [-0.05, 0) is 41.7 Å². The van der Waals surface area contributed by atoms with Crippen LogP contribution in [0.2, 0.25) is 0 Å². The predicted molar refractivity (Wildman–Crippen MR) is 100 cm³/mol. The Labute approximate surface area is 151 Å². The van der Waals surface area contributed by atoms with E-state index in [-0.39, 0.29) is 23.9 Å². The molecule has 1 saturated carbocycles. The van der Waals surface area contributed by atoms with Crippen molar-refractivity contribution >= 4 is 5.91 Å². The zero-order chi connectivity index (χ0) is 18.0. The molecule has 2 fully saturated rings. The van der Waals surface area contributed by atoms with Gasteiger partial charge in [-0.1, -0.05) is 57.9 Å². The van der Waals surface area contributed by atoms with E-state index >= 15 is 0 Å². The highest BCUT2D eigenvalue weighted by Gasteiger charge is 2.38. The first-order chi connectivity index (χ1) is 11.8. The summed E-state index contributed by atoms with van der Waals surface area (Å²) in [4.78, 5) is 12.4. The lowest BCUT2D eigenvalue weighted by molar-refractivity contribution is -0.123. The number of hydrogen-bond acceptors (Lipinski definition) is 3. The highest BCUT2D eigenvalue weighted by Crippen LogP contribution is 2.33. The number of amides is 1. The Morgan fingerprint density at radius 2 is 1.92 bits per heavy atom. The number of carbonyl (C=O) groups is 1. The average Bonchev–Trinajstić information content (AvgIpc) is 3.03. The van der Waals surface area contributed by atoms with Gasteiger partial charge in [-0.3, -0.25) is 4.79 Å². The molecule has 1 amide bonds. The number of fused-ring (bicyclic) bond motifs is 1. The van der Waals surface area contributed by atoms with Crippen LogP contribution >= 0.6 is 0 Å². The van der Waals surface area contributed by atoms with Crippen molar-refractivity contribution in [2.24, 2.45) is 5.92 Å². The standard InChI is InChI=1S/C21H32N2O2/c1-21(2,3)16-10-8-14(9-11-16)19(24)13-22-20(25)18-12-15-6-4-5-7-17(15)23-18/h8-11,15,17-19,23-24H,4-7,12-13H2,1-3H3,(H,22,25). The van der Waals surface area contributed by atoms with Crippen LogP contribution < -0.4 is 10.6 Å².